The number of benzene rings is 1. The van der Waals surface area contributed by atoms with Crippen molar-refractivity contribution in [2.24, 2.45) is 0 Å². The van der Waals surface area contributed by atoms with Gasteiger partial charge >= 0.3 is 0 Å². The van der Waals surface area contributed by atoms with Crippen LogP contribution in [0.2, 0.25) is 5.02 Å². The maximum atomic E-state index is 11.7. The van der Waals surface area contributed by atoms with Crippen molar-refractivity contribution >= 4 is 29.3 Å². The number of carbonyl (C=O) groups excluding carboxylic acids is 1. The van der Waals surface area contributed by atoms with Crippen LogP contribution >= 0.6 is 23.4 Å². The highest BCUT2D eigenvalue weighted by atomic mass is 35.5. The standard InChI is InChI=1S/C13H16ClN5OS/c1-2-3-8-15-12(20)9-21-13-16-17-18-19(13)11-6-4-10(14)5-7-11/h4-7H,2-3,8-9H2,1H3,(H,15,20). The topological polar surface area (TPSA) is 72.7 Å². The van der Waals surface area contributed by atoms with Gasteiger partial charge in [0.05, 0.1) is 11.4 Å². The highest BCUT2D eigenvalue weighted by Gasteiger charge is 2.11. The van der Waals surface area contributed by atoms with Crippen LogP contribution in [0.15, 0.2) is 29.4 Å². The summed E-state index contributed by atoms with van der Waals surface area (Å²) in [7, 11) is 0. The maximum Gasteiger partial charge on any atom is 0.230 e. The molecule has 21 heavy (non-hydrogen) atoms. The van der Waals surface area contributed by atoms with Crippen molar-refractivity contribution in [1.29, 1.82) is 0 Å². The second kappa shape index (κ2) is 7.99. The highest BCUT2D eigenvalue weighted by Crippen LogP contribution is 2.19. The lowest BCUT2D eigenvalue weighted by Gasteiger charge is -2.05. The number of unbranched alkanes of at least 4 members (excludes halogenated alkanes) is 1. The minimum absolute atomic E-state index is 0.0147. The number of rotatable bonds is 7. The Morgan fingerprint density at radius 1 is 1.38 bits per heavy atom. The van der Waals surface area contributed by atoms with Crippen LogP contribution in [0.25, 0.3) is 5.69 Å². The number of nitrogens with zero attached hydrogens (tertiary/aromatic N) is 4. The lowest BCUT2D eigenvalue weighted by Crippen LogP contribution is -2.26. The predicted molar refractivity (Wildman–Crippen MR) is 82.8 cm³/mol. The third-order valence-corrected chi connectivity index (χ3v) is 3.87. The third kappa shape index (κ3) is 4.71. The van der Waals surface area contributed by atoms with E-state index in [2.05, 4.69) is 27.8 Å². The molecule has 112 valence electrons. The van der Waals surface area contributed by atoms with Crippen LogP contribution in [0.1, 0.15) is 19.8 Å². The minimum atomic E-state index is -0.0147. The zero-order valence-corrected chi connectivity index (χ0v) is 13.2. The van der Waals surface area contributed by atoms with Crippen molar-refractivity contribution in [3.05, 3.63) is 29.3 Å². The molecule has 0 saturated heterocycles. The quantitative estimate of drug-likeness (QED) is 0.624. The van der Waals surface area contributed by atoms with Gasteiger partial charge < -0.3 is 5.32 Å². The molecule has 1 aromatic carbocycles. The van der Waals surface area contributed by atoms with Crippen LogP contribution in [-0.4, -0.2) is 38.4 Å². The van der Waals surface area contributed by atoms with Crippen molar-refractivity contribution in [1.82, 2.24) is 25.5 Å². The van der Waals surface area contributed by atoms with Gasteiger partial charge in [-0.05, 0) is 41.1 Å². The molecule has 0 aliphatic carbocycles. The third-order valence-electron chi connectivity index (χ3n) is 2.70. The van der Waals surface area contributed by atoms with E-state index < -0.39 is 0 Å². The second-order valence-electron chi connectivity index (χ2n) is 4.34. The lowest BCUT2D eigenvalue weighted by molar-refractivity contribution is -0.118. The predicted octanol–water partition coefficient (Wildman–Crippen LogP) is 2.32. The molecule has 1 amide bonds. The molecule has 1 heterocycles. The summed E-state index contributed by atoms with van der Waals surface area (Å²) >= 11 is 7.16. The van der Waals surface area contributed by atoms with Gasteiger partial charge in [0.2, 0.25) is 11.1 Å². The fourth-order valence-corrected chi connectivity index (χ4v) is 2.45. The first-order valence-corrected chi connectivity index (χ1v) is 8.01. The molecular formula is C13H16ClN5OS. The van der Waals surface area contributed by atoms with E-state index in [1.54, 1.807) is 16.8 Å². The van der Waals surface area contributed by atoms with Gasteiger partial charge in [0.25, 0.3) is 0 Å². The summed E-state index contributed by atoms with van der Waals surface area (Å²) in [5.74, 6) is 0.275. The number of thioether (sulfide) groups is 1. The zero-order chi connectivity index (χ0) is 15.1. The van der Waals surface area contributed by atoms with Crippen LogP contribution in [0, 0.1) is 0 Å². The normalized spacial score (nSPS) is 10.6. The minimum Gasteiger partial charge on any atom is -0.355 e. The Morgan fingerprint density at radius 2 is 2.14 bits per heavy atom. The number of aromatic nitrogens is 4. The van der Waals surface area contributed by atoms with Gasteiger partial charge in [0, 0.05) is 11.6 Å². The van der Waals surface area contributed by atoms with Gasteiger partial charge in [-0.3, -0.25) is 4.79 Å². The largest absolute Gasteiger partial charge is 0.355 e. The zero-order valence-electron chi connectivity index (χ0n) is 11.6. The van der Waals surface area contributed by atoms with E-state index in [9.17, 15) is 4.79 Å². The summed E-state index contributed by atoms with van der Waals surface area (Å²) in [5.41, 5.74) is 0.804. The van der Waals surface area contributed by atoms with Crippen molar-refractivity contribution < 1.29 is 4.79 Å². The number of carbonyl (C=O) groups is 1. The average molecular weight is 326 g/mol. The van der Waals surface area contributed by atoms with Crippen molar-refractivity contribution in [2.45, 2.75) is 24.9 Å². The number of nitrogens with one attached hydrogen (secondary N) is 1. The smallest absolute Gasteiger partial charge is 0.230 e. The van der Waals surface area contributed by atoms with Crippen molar-refractivity contribution in [2.75, 3.05) is 12.3 Å². The Labute approximate surface area is 132 Å². The Hall–Kier alpha value is -1.60. The summed E-state index contributed by atoms with van der Waals surface area (Å²) in [6, 6.07) is 7.18. The van der Waals surface area contributed by atoms with Crippen molar-refractivity contribution in [3.63, 3.8) is 0 Å². The van der Waals surface area contributed by atoms with Gasteiger partial charge in [-0.1, -0.05) is 36.7 Å². The Balaban J connectivity index is 1.94. The van der Waals surface area contributed by atoms with Gasteiger partial charge in [-0.25, -0.2) is 0 Å². The van der Waals surface area contributed by atoms with Crippen LogP contribution in [0.4, 0.5) is 0 Å². The van der Waals surface area contributed by atoms with E-state index >= 15 is 0 Å². The first-order chi connectivity index (χ1) is 10.2. The molecule has 0 atom stereocenters. The van der Waals surface area contributed by atoms with Crippen LogP contribution in [0.5, 0.6) is 0 Å². The first-order valence-electron chi connectivity index (χ1n) is 6.64. The molecule has 2 rings (SSSR count). The fraction of sp³-hybridized carbons (Fsp3) is 0.385. The van der Waals surface area contributed by atoms with Gasteiger partial charge in [-0.2, -0.15) is 4.68 Å². The summed E-state index contributed by atoms with van der Waals surface area (Å²) in [6.07, 6.45) is 2.04. The summed E-state index contributed by atoms with van der Waals surface area (Å²) in [6.45, 7) is 2.79. The molecule has 0 radical (unpaired) electrons. The SMILES string of the molecule is CCCCNC(=O)CSc1nnnn1-c1ccc(Cl)cc1. The van der Waals surface area contributed by atoms with Crippen LogP contribution < -0.4 is 5.32 Å². The van der Waals surface area contributed by atoms with E-state index in [0.29, 0.717) is 16.7 Å². The highest BCUT2D eigenvalue weighted by molar-refractivity contribution is 7.99. The molecule has 0 bridgehead atoms. The van der Waals surface area contributed by atoms with E-state index in [1.807, 2.05) is 12.1 Å². The Bertz CT molecular complexity index is 587. The maximum absolute atomic E-state index is 11.7. The molecule has 0 saturated carbocycles. The molecule has 2 aromatic rings. The summed E-state index contributed by atoms with van der Waals surface area (Å²) < 4.78 is 1.58. The fourth-order valence-electron chi connectivity index (χ4n) is 1.60. The number of hydrogen-bond acceptors (Lipinski definition) is 5. The molecule has 0 fully saturated rings. The van der Waals surface area contributed by atoms with Crippen LogP contribution in [-0.2, 0) is 4.79 Å². The van der Waals surface area contributed by atoms with E-state index in [-0.39, 0.29) is 11.7 Å². The first kappa shape index (κ1) is 15.8. The molecule has 0 aliphatic rings. The molecule has 1 aromatic heterocycles. The second-order valence-corrected chi connectivity index (χ2v) is 5.72. The molecule has 0 aliphatic heterocycles. The van der Waals surface area contributed by atoms with E-state index in [1.165, 1.54) is 11.8 Å². The van der Waals surface area contributed by atoms with E-state index in [0.717, 1.165) is 18.5 Å². The van der Waals surface area contributed by atoms with Crippen molar-refractivity contribution in [3.8, 4) is 5.69 Å². The Kier molecular flexibility index (Phi) is 6.01. The molecule has 1 N–H and O–H groups in total. The summed E-state index contributed by atoms with van der Waals surface area (Å²) in [5, 5.41) is 15.6. The van der Waals surface area contributed by atoms with E-state index in [4.69, 9.17) is 11.6 Å². The molecular weight excluding hydrogens is 310 g/mol. The Morgan fingerprint density at radius 3 is 2.86 bits per heavy atom. The molecule has 8 heteroatoms. The number of amides is 1. The van der Waals surface area contributed by atoms with Gasteiger partial charge in [0.1, 0.15) is 0 Å². The number of tetrazole rings is 1. The number of hydrogen-bond donors (Lipinski definition) is 1. The monoisotopic (exact) mass is 325 g/mol. The lowest BCUT2D eigenvalue weighted by atomic mass is 10.3. The molecule has 0 unspecified atom stereocenters. The molecule has 6 nitrogen and oxygen atoms in total. The summed E-state index contributed by atoms with van der Waals surface area (Å²) in [4.78, 5) is 11.7. The van der Waals surface area contributed by atoms with Gasteiger partial charge in [-0.15, -0.1) is 5.10 Å². The number of halogens is 1. The average Bonchev–Trinajstić information content (AvgIpc) is 2.95. The van der Waals surface area contributed by atoms with Gasteiger partial charge in [0.15, 0.2) is 0 Å². The van der Waals surface area contributed by atoms with Crippen LogP contribution in [0.3, 0.4) is 0 Å². The molecule has 0 spiro atoms.